The van der Waals surface area contributed by atoms with Gasteiger partial charge in [0.2, 0.25) is 0 Å². The lowest BCUT2D eigenvalue weighted by Gasteiger charge is -2.12. The first-order valence-corrected chi connectivity index (χ1v) is 19.3. The number of allylic oxidation sites excluding steroid dienone is 2. The van der Waals surface area contributed by atoms with Crippen LogP contribution < -0.4 is 0 Å². The summed E-state index contributed by atoms with van der Waals surface area (Å²) in [4.78, 5) is 0. The van der Waals surface area contributed by atoms with E-state index in [0.717, 1.165) is 25.7 Å². The van der Waals surface area contributed by atoms with Crippen molar-refractivity contribution in [1.29, 1.82) is 0 Å². The van der Waals surface area contributed by atoms with Crippen LogP contribution in [-0.4, -0.2) is 9.13 Å². The molecule has 0 spiro atoms. The summed E-state index contributed by atoms with van der Waals surface area (Å²) in [7, 11) is 0. The number of benzene rings is 6. The highest BCUT2D eigenvalue weighted by atomic mass is 32.1. The zero-order valence-electron chi connectivity index (χ0n) is 27.2. The highest BCUT2D eigenvalue weighted by molar-refractivity contribution is 7.26. The first-order chi connectivity index (χ1) is 24.8. The number of rotatable bonds is 2. The Bertz CT molecular complexity index is 2940. The number of hydrogen-bond acceptors (Lipinski definition) is 2. The van der Waals surface area contributed by atoms with E-state index in [1.165, 1.54) is 107 Å². The van der Waals surface area contributed by atoms with Crippen molar-refractivity contribution in [2.75, 3.05) is 0 Å². The maximum absolute atomic E-state index is 2.47. The monoisotopic (exact) mass is 674 g/mol. The van der Waals surface area contributed by atoms with E-state index in [4.69, 9.17) is 0 Å². The molecule has 236 valence electrons. The van der Waals surface area contributed by atoms with E-state index in [0.29, 0.717) is 0 Å². The summed E-state index contributed by atoms with van der Waals surface area (Å²) < 4.78 is 10.3. The summed E-state index contributed by atoms with van der Waals surface area (Å²) >= 11 is 3.83. The van der Waals surface area contributed by atoms with Crippen molar-refractivity contribution in [3.63, 3.8) is 0 Å². The fraction of sp³-hybridized carbons (Fsp3) is 0.0870. The van der Waals surface area contributed by atoms with Crippen molar-refractivity contribution in [3.8, 4) is 11.4 Å². The van der Waals surface area contributed by atoms with Gasteiger partial charge in [0.25, 0.3) is 0 Å². The molecule has 0 saturated carbocycles. The zero-order valence-corrected chi connectivity index (χ0v) is 28.9. The smallest absolute Gasteiger partial charge is 0.0537 e. The Morgan fingerprint density at radius 2 is 0.880 bits per heavy atom. The molecule has 2 aliphatic carbocycles. The Kier molecular flexibility index (Phi) is 5.52. The van der Waals surface area contributed by atoms with Crippen molar-refractivity contribution in [2.24, 2.45) is 0 Å². The summed E-state index contributed by atoms with van der Waals surface area (Å²) in [5, 5.41) is 10.9. The van der Waals surface area contributed by atoms with Gasteiger partial charge in [-0.05, 0) is 108 Å². The van der Waals surface area contributed by atoms with Crippen LogP contribution in [0.15, 0.2) is 121 Å². The van der Waals surface area contributed by atoms with E-state index >= 15 is 0 Å². The van der Waals surface area contributed by atoms with E-state index in [9.17, 15) is 0 Å². The Labute approximate surface area is 296 Å². The molecule has 0 aliphatic heterocycles. The predicted octanol–water partition coefficient (Wildman–Crippen LogP) is 13.4. The van der Waals surface area contributed by atoms with E-state index in [1.807, 2.05) is 22.7 Å². The lowest BCUT2D eigenvalue weighted by molar-refractivity contribution is 0.968. The van der Waals surface area contributed by atoms with Gasteiger partial charge in [-0.1, -0.05) is 72.8 Å². The third kappa shape index (κ3) is 3.62. The molecule has 6 aromatic carbocycles. The second kappa shape index (κ2) is 10.1. The minimum absolute atomic E-state index is 1.10. The minimum atomic E-state index is 1.10. The average Bonchev–Trinajstić information content (AvgIpc) is 3.91. The molecule has 0 bridgehead atoms. The maximum atomic E-state index is 2.47. The van der Waals surface area contributed by atoms with Gasteiger partial charge in [-0.25, -0.2) is 0 Å². The van der Waals surface area contributed by atoms with Crippen molar-refractivity contribution in [3.05, 3.63) is 144 Å². The molecule has 2 nitrogen and oxygen atoms in total. The molecule has 4 aromatic heterocycles. The van der Waals surface area contributed by atoms with Crippen LogP contribution in [0.25, 0.3) is 96.4 Å². The number of aryl methyl sites for hydroxylation is 2. The predicted molar refractivity (Wildman–Crippen MR) is 218 cm³/mol. The van der Waals surface area contributed by atoms with E-state index in [2.05, 4.69) is 143 Å². The summed E-state index contributed by atoms with van der Waals surface area (Å²) in [5.41, 5.74) is 10.7. The van der Waals surface area contributed by atoms with Crippen LogP contribution in [0, 0.1) is 0 Å². The van der Waals surface area contributed by atoms with Gasteiger partial charge < -0.3 is 9.13 Å². The largest absolute Gasteiger partial charge is 0.310 e. The van der Waals surface area contributed by atoms with Crippen LogP contribution in [0.4, 0.5) is 0 Å². The van der Waals surface area contributed by atoms with Gasteiger partial charge >= 0.3 is 0 Å². The highest BCUT2D eigenvalue weighted by Gasteiger charge is 2.21. The molecule has 12 rings (SSSR count). The van der Waals surface area contributed by atoms with Gasteiger partial charge in [-0.15, -0.1) is 22.7 Å². The first kappa shape index (κ1) is 27.4. The Hall–Kier alpha value is -5.42. The molecule has 4 heterocycles. The van der Waals surface area contributed by atoms with Crippen LogP contribution in [0.2, 0.25) is 0 Å². The van der Waals surface area contributed by atoms with Crippen LogP contribution in [0.5, 0.6) is 0 Å². The van der Waals surface area contributed by atoms with Gasteiger partial charge in [0, 0.05) is 73.9 Å². The van der Waals surface area contributed by atoms with Gasteiger partial charge in [0.15, 0.2) is 0 Å². The number of nitrogens with zero attached hydrogens (tertiary/aromatic N) is 2. The average molecular weight is 675 g/mol. The van der Waals surface area contributed by atoms with Crippen LogP contribution in [-0.2, 0) is 12.8 Å². The Balaban J connectivity index is 1.05. The zero-order chi connectivity index (χ0) is 32.5. The second-order valence-electron chi connectivity index (χ2n) is 13.9. The standard InChI is InChI=1S/C46H30N2S2/c1-5-13-37-29(9-1)30-10-2-6-14-38(30)47(37)27-17-19-35-43(25-27)49-41-23-21-34-33(45(35)41)22-24-42-46(34)36-20-18-28(26-44(36)50-42)48-39-15-7-3-11-31(39)32-12-4-8-16-40(32)48/h1,3,5-9,11,13-26H,2,4,10,12H2. The van der Waals surface area contributed by atoms with E-state index < -0.39 is 0 Å². The van der Waals surface area contributed by atoms with Crippen molar-refractivity contribution in [2.45, 2.75) is 25.7 Å². The Morgan fingerprint density at radius 1 is 0.420 bits per heavy atom. The lowest BCUT2D eigenvalue weighted by atomic mass is 9.99. The third-order valence-corrected chi connectivity index (χ3v) is 13.5. The number of thiophene rings is 2. The molecular formula is C46H30N2S2. The van der Waals surface area contributed by atoms with Crippen molar-refractivity contribution < 1.29 is 0 Å². The van der Waals surface area contributed by atoms with Gasteiger partial charge in [-0.2, -0.15) is 0 Å². The van der Waals surface area contributed by atoms with Crippen molar-refractivity contribution >= 4 is 108 Å². The molecular weight excluding hydrogens is 645 g/mol. The van der Waals surface area contributed by atoms with E-state index in [-0.39, 0.29) is 0 Å². The number of fused-ring (bicyclic) bond motifs is 15. The molecule has 0 fully saturated rings. The molecule has 0 radical (unpaired) electrons. The SMILES string of the molecule is C1=Cc2c(c3ccccc3n2-c2ccc3c(c2)sc2ccc4c(ccc5sc6cc(-n7c8c(c9ccccc97)CCC=C8)ccc6c54)c23)CC1. The normalized spacial score (nSPS) is 14.3. The highest BCUT2D eigenvalue weighted by Crippen LogP contribution is 2.46. The third-order valence-electron chi connectivity index (χ3n) is 11.3. The van der Waals surface area contributed by atoms with Crippen LogP contribution >= 0.6 is 22.7 Å². The molecule has 0 atom stereocenters. The summed E-state index contributed by atoms with van der Waals surface area (Å²) in [6.07, 6.45) is 13.7. The second-order valence-corrected chi connectivity index (χ2v) is 16.0. The molecule has 0 amide bonds. The first-order valence-electron chi connectivity index (χ1n) is 17.6. The molecule has 10 aromatic rings. The lowest BCUT2D eigenvalue weighted by Crippen LogP contribution is -2.00. The number of hydrogen-bond donors (Lipinski definition) is 0. The topological polar surface area (TPSA) is 9.86 Å². The minimum Gasteiger partial charge on any atom is -0.310 e. The molecule has 2 aliphatic rings. The molecule has 0 saturated heterocycles. The van der Waals surface area contributed by atoms with Gasteiger partial charge in [0.1, 0.15) is 0 Å². The van der Waals surface area contributed by atoms with Gasteiger partial charge in [-0.3, -0.25) is 0 Å². The summed E-state index contributed by atoms with van der Waals surface area (Å²) in [6.45, 7) is 0. The fourth-order valence-electron chi connectivity index (χ4n) is 9.14. The van der Waals surface area contributed by atoms with Gasteiger partial charge in [0.05, 0.1) is 11.0 Å². The molecule has 0 N–H and O–H groups in total. The number of aromatic nitrogens is 2. The molecule has 50 heavy (non-hydrogen) atoms. The number of para-hydroxylation sites is 2. The molecule has 4 heteroatoms. The summed E-state index contributed by atoms with van der Waals surface area (Å²) in [5.74, 6) is 0. The quantitative estimate of drug-likeness (QED) is 0.173. The summed E-state index contributed by atoms with van der Waals surface area (Å²) in [6, 6.07) is 41.5. The van der Waals surface area contributed by atoms with Crippen molar-refractivity contribution in [1.82, 2.24) is 9.13 Å². The molecule has 0 unspecified atom stereocenters. The maximum Gasteiger partial charge on any atom is 0.0537 e. The van der Waals surface area contributed by atoms with Crippen LogP contribution in [0.1, 0.15) is 35.4 Å². The Morgan fingerprint density at radius 3 is 1.38 bits per heavy atom. The van der Waals surface area contributed by atoms with E-state index in [1.54, 1.807) is 0 Å². The fourth-order valence-corrected chi connectivity index (χ4v) is 11.5. The van der Waals surface area contributed by atoms with Crippen LogP contribution in [0.3, 0.4) is 0 Å².